The van der Waals surface area contributed by atoms with Crippen LogP contribution in [0.25, 0.3) is 0 Å². The second kappa shape index (κ2) is 5.50. The third-order valence-electron chi connectivity index (χ3n) is 2.70. The number of nitrogens with zero attached hydrogens (tertiary/aromatic N) is 1. The Morgan fingerprint density at radius 3 is 2.82 bits per heavy atom. The lowest BCUT2D eigenvalue weighted by Crippen LogP contribution is -2.06. The van der Waals surface area contributed by atoms with Gasteiger partial charge < -0.3 is 9.55 Å². The third kappa shape index (κ3) is 3.09. The van der Waals surface area contributed by atoms with Gasteiger partial charge in [0, 0.05) is 23.3 Å². The summed E-state index contributed by atoms with van der Waals surface area (Å²) in [5.74, 6) is 0.498. The maximum absolute atomic E-state index is 5.31. The summed E-state index contributed by atoms with van der Waals surface area (Å²) in [5.41, 5.74) is 1.28. The Labute approximate surface area is 119 Å². The highest BCUT2D eigenvalue weighted by molar-refractivity contribution is 9.11. The third-order valence-corrected chi connectivity index (χ3v) is 4.72. The number of thiophene rings is 1. The molecule has 0 aliphatic rings. The number of nitrogens with one attached hydrogen (secondary N) is 1. The van der Waals surface area contributed by atoms with Crippen molar-refractivity contribution >= 4 is 39.5 Å². The summed E-state index contributed by atoms with van der Waals surface area (Å²) in [6.07, 6.45) is 3.06. The van der Waals surface area contributed by atoms with Crippen molar-refractivity contribution < 1.29 is 0 Å². The first kappa shape index (κ1) is 13.1. The van der Waals surface area contributed by atoms with E-state index in [1.54, 1.807) is 11.3 Å². The topological polar surface area (TPSA) is 20.7 Å². The van der Waals surface area contributed by atoms with Gasteiger partial charge in [-0.1, -0.05) is 13.8 Å². The van der Waals surface area contributed by atoms with Crippen LogP contribution in [0.15, 0.2) is 22.1 Å². The molecule has 0 radical (unpaired) electrons. The molecule has 1 N–H and O–H groups in total. The highest BCUT2D eigenvalue weighted by Crippen LogP contribution is 2.23. The van der Waals surface area contributed by atoms with Crippen molar-refractivity contribution in [2.24, 2.45) is 0 Å². The van der Waals surface area contributed by atoms with Crippen molar-refractivity contribution in [3.63, 3.8) is 0 Å². The van der Waals surface area contributed by atoms with E-state index in [0.717, 1.165) is 17.7 Å². The minimum absolute atomic E-state index is 0.498. The zero-order valence-corrected chi connectivity index (χ0v) is 13.1. The predicted octanol–water partition coefficient (Wildman–Crippen LogP) is 4.74. The van der Waals surface area contributed by atoms with Gasteiger partial charge in [-0.2, -0.15) is 0 Å². The first-order valence-electron chi connectivity index (χ1n) is 5.60. The van der Waals surface area contributed by atoms with Gasteiger partial charge in [-0.15, -0.1) is 11.3 Å². The van der Waals surface area contributed by atoms with Gasteiger partial charge in [0.05, 0.1) is 3.79 Å². The van der Waals surface area contributed by atoms with E-state index >= 15 is 0 Å². The predicted molar refractivity (Wildman–Crippen MR) is 79.4 cm³/mol. The Balaban J connectivity index is 2.13. The van der Waals surface area contributed by atoms with Crippen LogP contribution in [0.4, 0.5) is 0 Å². The molecule has 0 fully saturated rings. The summed E-state index contributed by atoms with van der Waals surface area (Å²) in [5, 5.41) is 0. The van der Waals surface area contributed by atoms with Gasteiger partial charge >= 0.3 is 0 Å². The Bertz CT molecular complexity index is 551. The molecule has 92 valence electrons. The van der Waals surface area contributed by atoms with Crippen molar-refractivity contribution in [3.8, 4) is 0 Å². The van der Waals surface area contributed by atoms with Crippen molar-refractivity contribution in [2.45, 2.75) is 32.7 Å². The molecule has 5 heteroatoms. The van der Waals surface area contributed by atoms with Gasteiger partial charge in [-0.3, -0.25) is 0 Å². The van der Waals surface area contributed by atoms with E-state index in [4.69, 9.17) is 12.2 Å². The fourth-order valence-electron chi connectivity index (χ4n) is 1.83. The van der Waals surface area contributed by atoms with Gasteiger partial charge in [-0.05, 0) is 52.6 Å². The quantitative estimate of drug-likeness (QED) is 0.803. The molecule has 0 spiro atoms. The average Bonchev–Trinajstić information content (AvgIpc) is 2.82. The van der Waals surface area contributed by atoms with E-state index in [1.165, 1.54) is 14.4 Å². The number of rotatable bonds is 4. The molecule has 0 aliphatic carbocycles. The number of hydrogen-bond acceptors (Lipinski definition) is 2. The van der Waals surface area contributed by atoms with Crippen molar-refractivity contribution in [1.29, 1.82) is 0 Å². The number of imidazole rings is 1. The fraction of sp³-hybridized carbons (Fsp3) is 0.417. The zero-order valence-electron chi connectivity index (χ0n) is 9.87. The summed E-state index contributed by atoms with van der Waals surface area (Å²) in [6.45, 7) is 5.33. The maximum Gasteiger partial charge on any atom is 0.177 e. The highest BCUT2D eigenvalue weighted by Gasteiger charge is 2.08. The standard InChI is InChI=1S/C12H15BrN2S2/c1-8(2)10-7-14-12(16)15(10)6-5-9-3-4-11(13)17-9/h3-4,7-8H,5-6H2,1-2H3,(H,14,16). The normalized spacial score (nSPS) is 11.3. The number of aryl methyl sites for hydroxylation is 1. The van der Waals surface area contributed by atoms with Gasteiger partial charge in [0.15, 0.2) is 4.77 Å². The van der Waals surface area contributed by atoms with E-state index in [1.807, 2.05) is 6.20 Å². The second-order valence-electron chi connectivity index (χ2n) is 4.28. The van der Waals surface area contributed by atoms with E-state index < -0.39 is 0 Å². The van der Waals surface area contributed by atoms with E-state index in [0.29, 0.717) is 5.92 Å². The second-order valence-corrected chi connectivity index (χ2v) is 7.22. The monoisotopic (exact) mass is 330 g/mol. The lowest BCUT2D eigenvalue weighted by atomic mass is 10.1. The van der Waals surface area contributed by atoms with Crippen LogP contribution in [0.5, 0.6) is 0 Å². The minimum atomic E-state index is 0.498. The molecule has 0 atom stereocenters. The van der Waals surface area contributed by atoms with E-state index in [-0.39, 0.29) is 0 Å². The summed E-state index contributed by atoms with van der Waals surface area (Å²) < 4.78 is 4.21. The summed E-state index contributed by atoms with van der Waals surface area (Å²) in [6, 6.07) is 4.26. The smallest absolute Gasteiger partial charge is 0.177 e. The lowest BCUT2D eigenvalue weighted by Gasteiger charge is -2.10. The summed E-state index contributed by atoms with van der Waals surface area (Å²) in [4.78, 5) is 4.52. The van der Waals surface area contributed by atoms with E-state index in [2.05, 4.69) is 51.5 Å². The van der Waals surface area contributed by atoms with Crippen molar-refractivity contribution in [2.75, 3.05) is 0 Å². The Morgan fingerprint density at radius 2 is 2.24 bits per heavy atom. The molecule has 2 aromatic heterocycles. The molecular formula is C12H15BrN2S2. The summed E-state index contributed by atoms with van der Waals surface area (Å²) >= 11 is 10.6. The largest absolute Gasteiger partial charge is 0.337 e. The molecule has 2 heterocycles. The molecule has 2 nitrogen and oxygen atoms in total. The molecule has 0 amide bonds. The van der Waals surface area contributed by atoms with Crippen molar-refractivity contribution in [1.82, 2.24) is 9.55 Å². The van der Waals surface area contributed by atoms with Crippen LogP contribution < -0.4 is 0 Å². The first-order valence-corrected chi connectivity index (χ1v) is 7.62. The average molecular weight is 331 g/mol. The van der Waals surface area contributed by atoms with Gasteiger partial charge in [-0.25, -0.2) is 0 Å². The van der Waals surface area contributed by atoms with Crippen LogP contribution in [0.3, 0.4) is 0 Å². The molecule has 2 rings (SSSR count). The number of halogens is 1. The van der Waals surface area contributed by atoms with Gasteiger partial charge in [0.25, 0.3) is 0 Å². The molecule has 0 unspecified atom stereocenters. The molecule has 2 aromatic rings. The molecular weight excluding hydrogens is 316 g/mol. The van der Waals surface area contributed by atoms with Crippen LogP contribution in [0, 0.1) is 4.77 Å². The molecule has 0 saturated carbocycles. The SMILES string of the molecule is CC(C)c1c[nH]c(=S)n1CCc1ccc(Br)s1. The minimum Gasteiger partial charge on any atom is -0.337 e. The van der Waals surface area contributed by atoms with Gasteiger partial charge in [0.2, 0.25) is 0 Å². The van der Waals surface area contributed by atoms with Crippen LogP contribution >= 0.6 is 39.5 Å². The van der Waals surface area contributed by atoms with Crippen LogP contribution in [0.1, 0.15) is 30.3 Å². The highest BCUT2D eigenvalue weighted by atomic mass is 79.9. The molecule has 0 aliphatic heterocycles. The Hall–Kier alpha value is -0.390. The number of H-pyrrole nitrogens is 1. The molecule has 0 bridgehead atoms. The maximum atomic E-state index is 5.31. The van der Waals surface area contributed by atoms with Crippen LogP contribution in [-0.4, -0.2) is 9.55 Å². The number of aromatic amines is 1. The Kier molecular flexibility index (Phi) is 4.22. The molecule has 0 aromatic carbocycles. The molecule has 17 heavy (non-hydrogen) atoms. The van der Waals surface area contributed by atoms with Crippen LogP contribution in [-0.2, 0) is 13.0 Å². The molecule has 0 saturated heterocycles. The first-order chi connectivity index (χ1) is 8.08. The fourth-order valence-corrected chi connectivity index (χ4v) is 3.55. The zero-order chi connectivity index (χ0) is 12.4. The lowest BCUT2D eigenvalue weighted by molar-refractivity contribution is 0.630. The van der Waals surface area contributed by atoms with E-state index in [9.17, 15) is 0 Å². The van der Waals surface area contributed by atoms with Crippen LogP contribution in [0.2, 0.25) is 0 Å². The van der Waals surface area contributed by atoms with Gasteiger partial charge in [0.1, 0.15) is 0 Å². The number of hydrogen-bond donors (Lipinski definition) is 1. The van der Waals surface area contributed by atoms with Crippen molar-refractivity contribution in [3.05, 3.63) is 37.5 Å². The Morgan fingerprint density at radius 1 is 1.47 bits per heavy atom. The summed E-state index contributed by atoms with van der Waals surface area (Å²) in [7, 11) is 0. The number of aromatic nitrogens is 2.